The number of alkyl halides is 3. The highest BCUT2D eigenvalue weighted by Crippen LogP contribution is 2.48. The molecule has 0 spiro atoms. The molecular formula is C20H13BrClF3N4O8S2. The summed E-state index contributed by atoms with van der Waals surface area (Å²) in [5.41, 5.74) is -5.38. The van der Waals surface area contributed by atoms with Crippen molar-refractivity contribution in [3.8, 4) is 11.1 Å². The molecule has 3 aromatic rings. The lowest BCUT2D eigenvalue weighted by Crippen LogP contribution is -2.36. The lowest BCUT2D eigenvalue weighted by Gasteiger charge is -2.18. The molecule has 0 saturated carbocycles. The van der Waals surface area contributed by atoms with Gasteiger partial charge in [-0.05, 0) is 58.2 Å². The van der Waals surface area contributed by atoms with Crippen LogP contribution in [-0.2, 0) is 26.2 Å². The molecule has 0 radical (unpaired) electrons. The highest BCUT2D eigenvalue weighted by Gasteiger charge is 2.44. The number of hydrogen-bond donors (Lipinski definition) is 1. The second-order valence-electron chi connectivity index (χ2n) is 7.65. The van der Waals surface area contributed by atoms with Crippen LogP contribution in [0.2, 0.25) is 5.02 Å². The summed E-state index contributed by atoms with van der Waals surface area (Å²) in [4.78, 5) is 20.0. The molecule has 12 nitrogen and oxygen atoms in total. The summed E-state index contributed by atoms with van der Waals surface area (Å²) in [6.45, 7) is 1.33. The van der Waals surface area contributed by atoms with Crippen molar-refractivity contribution >= 4 is 59.0 Å². The Morgan fingerprint density at radius 1 is 1.03 bits per heavy atom. The van der Waals surface area contributed by atoms with Crippen LogP contribution in [-0.4, -0.2) is 26.8 Å². The molecule has 0 amide bonds. The minimum atomic E-state index is -5.38. The molecule has 3 aromatic carbocycles. The van der Waals surface area contributed by atoms with Crippen LogP contribution >= 0.6 is 27.5 Å². The van der Waals surface area contributed by atoms with Crippen LogP contribution in [0.3, 0.4) is 0 Å². The zero-order valence-electron chi connectivity index (χ0n) is 19.0. The molecule has 39 heavy (non-hydrogen) atoms. The van der Waals surface area contributed by atoms with Crippen molar-refractivity contribution in [2.45, 2.75) is 22.9 Å². The number of nitro benzene ring substituents is 1. The molecular weight excluding hydrogens is 661 g/mol. The van der Waals surface area contributed by atoms with Crippen molar-refractivity contribution in [3.63, 3.8) is 0 Å². The van der Waals surface area contributed by atoms with Gasteiger partial charge in [0.25, 0.3) is 5.69 Å². The van der Waals surface area contributed by atoms with Crippen molar-refractivity contribution in [1.82, 2.24) is 0 Å². The first-order valence-electron chi connectivity index (χ1n) is 9.96. The van der Waals surface area contributed by atoms with Crippen molar-refractivity contribution in [1.29, 1.82) is 0 Å². The molecule has 0 aliphatic rings. The van der Waals surface area contributed by atoms with Gasteiger partial charge in [0.05, 0.1) is 9.82 Å². The van der Waals surface area contributed by atoms with E-state index in [9.17, 15) is 50.2 Å². The maximum atomic E-state index is 14.0. The number of hydrazine groups is 1. The average molecular weight is 674 g/mol. The van der Waals surface area contributed by atoms with Crippen molar-refractivity contribution < 1.29 is 40.0 Å². The summed E-state index contributed by atoms with van der Waals surface area (Å²) < 4.78 is 91.3. The minimum Gasteiger partial charge on any atom is -0.258 e. The fourth-order valence-electron chi connectivity index (χ4n) is 3.53. The topological polar surface area (TPSA) is 184 Å². The van der Waals surface area contributed by atoms with Gasteiger partial charge in [-0.2, -0.15) is 21.6 Å². The predicted octanol–water partition coefficient (Wildman–Crippen LogP) is 5.04. The minimum absolute atomic E-state index is 0.0192. The smallest absolute Gasteiger partial charge is 0.258 e. The van der Waals surface area contributed by atoms with Gasteiger partial charge in [0.15, 0.2) is 5.03 Å². The molecule has 0 aromatic heterocycles. The van der Waals surface area contributed by atoms with E-state index in [2.05, 4.69) is 15.9 Å². The first-order valence-corrected chi connectivity index (χ1v) is 14.1. The first kappa shape index (κ1) is 30.2. The second kappa shape index (κ2) is 10.3. The lowest BCUT2D eigenvalue weighted by molar-refractivity contribution is -0.474. The third-order valence-corrected chi connectivity index (χ3v) is 9.34. The van der Waals surface area contributed by atoms with E-state index in [-0.39, 0.29) is 21.1 Å². The van der Waals surface area contributed by atoms with Crippen LogP contribution in [0.15, 0.2) is 62.8 Å². The maximum Gasteiger partial charge on any atom is 0.423 e. The number of rotatable bonds is 7. The zero-order chi connectivity index (χ0) is 29.7. The predicted molar refractivity (Wildman–Crippen MR) is 135 cm³/mol. The molecule has 208 valence electrons. The van der Waals surface area contributed by atoms with E-state index in [1.807, 2.05) is 0 Å². The van der Waals surface area contributed by atoms with Crippen molar-refractivity contribution in [2.24, 2.45) is 5.14 Å². The van der Waals surface area contributed by atoms with Crippen LogP contribution in [0, 0.1) is 27.2 Å². The fraction of sp³-hybridized carbons (Fsp3) is 0.100. The van der Waals surface area contributed by atoms with E-state index < -0.39 is 78.5 Å². The van der Waals surface area contributed by atoms with E-state index in [0.29, 0.717) is 12.1 Å². The summed E-state index contributed by atoms with van der Waals surface area (Å²) in [6, 6.07) is 6.84. The van der Waals surface area contributed by atoms with E-state index >= 15 is 0 Å². The third-order valence-electron chi connectivity index (χ3n) is 5.26. The Morgan fingerprint density at radius 2 is 1.59 bits per heavy atom. The highest BCUT2D eigenvalue weighted by atomic mass is 79.9. The Labute approximate surface area is 231 Å². The first-order chi connectivity index (χ1) is 17.8. The molecule has 0 heterocycles. The maximum absolute atomic E-state index is 14.0. The van der Waals surface area contributed by atoms with Crippen LogP contribution in [0.1, 0.15) is 11.1 Å². The molecule has 3 rings (SSSR count). The van der Waals surface area contributed by atoms with Gasteiger partial charge in [-0.3, -0.25) is 10.1 Å². The van der Waals surface area contributed by atoms with Crippen LogP contribution in [0.25, 0.3) is 11.1 Å². The largest absolute Gasteiger partial charge is 0.423 e. The van der Waals surface area contributed by atoms with Crippen LogP contribution in [0.4, 0.5) is 24.5 Å². The molecule has 0 unspecified atom stereocenters. The summed E-state index contributed by atoms with van der Waals surface area (Å²) >= 11 is 8.67. The van der Waals surface area contributed by atoms with Gasteiger partial charge < -0.3 is 0 Å². The number of nitrogens with zero attached hydrogens (tertiary/aromatic N) is 3. The highest BCUT2D eigenvalue weighted by molar-refractivity contribution is 9.10. The summed E-state index contributed by atoms with van der Waals surface area (Å²) in [5.74, 6) is 0. The lowest BCUT2D eigenvalue weighted by atomic mass is 9.97. The second-order valence-corrected chi connectivity index (χ2v) is 12.1. The van der Waals surface area contributed by atoms with Gasteiger partial charge >= 0.3 is 16.2 Å². The molecule has 0 bridgehead atoms. The Bertz CT molecular complexity index is 1740. The van der Waals surface area contributed by atoms with Gasteiger partial charge in [-0.25, -0.2) is 23.7 Å². The number of anilines is 1. The quantitative estimate of drug-likeness (QED) is 0.267. The molecule has 0 aliphatic carbocycles. The van der Waals surface area contributed by atoms with Crippen LogP contribution < -0.4 is 9.55 Å². The molecule has 0 aliphatic heterocycles. The molecule has 19 heteroatoms. The number of halogens is 5. The van der Waals surface area contributed by atoms with E-state index in [1.54, 1.807) is 0 Å². The Balaban J connectivity index is 2.30. The third kappa shape index (κ3) is 5.69. The Hall–Kier alpha value is -3.32. The number of hydrogen-bond acceptors (Lipinski definition) is 8. The number of nitrogens with two attached hydrogens (primary N) is 1. The van der Waals surface area contributed by atoms with Crippen molar-refractivity contribution in [2.75, 3.05) is 4.41 Å². The normalized spacial score (nSPS) is 12.3. The molecule has 0 atom stereocenters. The molecule has 0 saturated heterocycles. The molecule has 2 N–H and O–H groups in total. The fourth-order valence-corrected chi connectivity index (χ4v) is 6.86. The summed E-state index contributed by atoms with van der Waals surface area (Å²) in [6.07, 6.45) is -5.38. The number of benzene rings is 3. The number of primary sulfonamides is 1. The van der Waals surface area contributed by atoms with Gasteiger partial charge in [0.1, 0.15) is 16.1 Å². The zero-order valence-corrected chi connectivity index (χ0v) is 23.0. The molecule has 0 fully saturated rings. The number of sulfonamides is 2. The van der Waals surface area contributed by atoms with E-state index in [0.717, 1.165) is 18.2 Å². The van der Waals surface area contributed by atoms with Gasteiger partial charge in [-0.15, -0.1) is 0 Å². The number of nitro groups is 2. The van der Waals surface area contributed by atoms with Crippen molar-refractivity contribution in [3.05, 3.63) is 89.4 Å². The Kier molecular flexibility index (Phi) is 8.01. The van der Waals surface area contributed by atoms with E-state index in [1.165, 1.54) is 19.1 Å². The SMILES string of the molecule is Cc1c(Cl)cccc1N([N+](=O)[O-])S(=O)(=O)c1ccc(-c2c(Br)c(S(N)(=O)=O)cc([N+](=O)[O-])c2C(F)(F)F)cc1. The standard InChI is InChI=1S/C20H13BrClF3N4O8S2/c1-10-13(22)3-2-4-14(10)27(29(32)33)39(36,37)12-7-5-11(6-8-12)17-18(20(23,24)25)15(28(30)31)9-16(19(17)21)38(26,34)35/h2-9H,1H3,(H2,26,34,35). The van der Waals surface area contributed by atoms with E-state index in [4.69, 9.17) is 16.7 Å². The summed E-state index contributed by atoms with van der Waals surface area (Å²) in [7, 11) is -9.76. The van der Waals surface area contributed by atoms with Gasteiger partial charge in [0.2, 0.25) is 10.0 Å². The Morgan fingerprint density at radius 3 is 2.05 bits per heavy atom. The van der Waals surface area contributed by atoms with Gasteiger partial charge in [0, 0.05) is 25.5 Å². The summed E-state index contributed by atoms with van der Waals surface area (Å²) in [5, 5.41) is 27.0. The van der Waals surface area contributed by atoms with Gasteiger partial charge in [-0.1, -0.05) is 29.8 Å². The van der Waals surface area contributed by atoms with Crippen LogP contribution in [0.5, 0.6) is 0 Å². The monoisotopic (exact) mass is 672 g/mol. The average Bonchev–Trinajstić information content (AvgIpc) is 2.79.